The molecule has 0 aliphatic rings. The summed E-state index contributed by atoms with van der Waals surface area (Å²) in [5, 5.41) is 11.4. The fourth-order valence-electron chi connectivity index (χ4n) is 1.55. The van der Waals surface area contributed by atoms with Gasteiger partial charge in [-0.25, -0.2) is 4.79 Å². The maximum absolute atomic E-state index is 11.8. The highest BCUT2D eigenvalue weighted by Crippen LogP contribution is 2.12. The molecule has 0 atom stereocenters. The predicted molar refractivity (Wildman–Crippen MR) is 74.2 cm³/mol. The molecule has 1 rings (SSSR count). The third-order valence-electron chi connectivity index (χ3n) is 2.56. The van der Waals surface area contributed by atoms with E-state index in [1.54, 1.807) is 31.3 Å². The first-order valence-electron chi connectivity index (χ1n) is 5.96. The van der Waals surface area contributed by atoms with Crippen LogP contribution in [0.4, 0.5) is 10.5 Å². The van der Waals surface area contributed by atoms with Gasteiger partial charge in [-0.3, -0.25) is 4.79 Å². The van der Waals surface area contributed by atoms with Crippen LogP contribution in [0.5, 0.6) is 0 Å². The van der Waals surface area contributed by atoms with Gasteiger partial charge in [0.25, 0.3) is 0 Å². The first kappa shape index (κ1) is 14.8. The Labute approximate surface area is 112 Å². The van der Waals surface area contributed by atoms with E-state index in [1.807, 2.05) is 6.07 Å². The number of rotatable bonds is 6. The molecule has 0 heterocycles. The summed E-state index contributed by atoms with van der Waals surface area (Å²) in [6, 6.07) is 6.95. The highest BCUT2D eigenvalue weighted by Gasteiger charge is 2.07. The van der Waals surface area contributed by atoms with Crippen molar-refractivity contribution in [2.75, 3.05) is 18.9 Å². The van der Waals surface area contributed by atoms with Crippen molar-refractivity contribution in [1.29, 1.82) is 0 Å². The molecule has 0 fully saturated rings. The van der Waals surface area contributed by atoms with E-state index >= 15 is 0 Å². The standard InChI is InChI=1S/C14H18N2O3/c1-3-9-16(2)14(19)15-12-6-4-5-11(10-12)7-8-13(17)18/h3-6,10H,1,7-9H2,2H3,(H,15,19)(H,17,18). The summed E-state index contributed by atoms with van der Waals surface area (Å²) in [6.45, 7) is 4.03. The fourth-order valence-corrected chi connectivity index (χ4v) is 1.55. The van der Waals surface area contributed by atoms with Gasteiger partial charge in [0.2, 0.25) is 0 Å². The van der Waals surface area contributed by atoms with Crippen molar-refractivity contribution in [1.82, 2.24) is 4.90 Å². The van der Waals surface area contributed by atoms with Gasteiger partial charge in [-0.1, -0.05) is 18.2 Å². The van der Waals surface area contributed by atoms with Crippen LogP contribution in [-0.4, -0.2) is 35.6 Å². The summed E-state index contributed by atoms with van der Waals surface area (Å²) in [5.74, 6) is -0.833. The summed E-state index contributed by atoms with van der Waals surface area (Å²) in [7, 11) is 1.67. The van der Waals surface area contributed by atoms with E-state index in [4.69, 9.17) is 5.11 Å². The number of carboxylic acid groups (broad SMARTS) is 1. The second-order valence-electron chi connectivity index (χ2n) is 4.19. The van der Waals surface area contributed by atoms with Gasteiger partial charge in [-0.15, -0.1) is 6.58 Å². The molecule has 0 unspecified atom stereocenters. The zero-order valence-corrected chi connectivity index (χ0v) is 10.9. The number of benzene rings is 1. The van der Waals surface area contributed by atoms with Crippen molar-refractivity contribution in [2.45, 2.75) is 12.8 Å². The molecule has 19 heavy (non-hydrogen) atoms. The van der Waals surface area contributed by atoms with Gasteiger partial charge >= 0.3 is 12.0 Å². The van der Waals surface area contributed by atoms with Crippen molar-refractivity contribution in [3.05, 3.63) is 42.5 Å². The van der Waals surface area contributed by atoms with Gasteiger partial charge in [0.1, 0.15) is 0 Å². The molecular formula is C14H18N2O3. The number of aryl methyl sites for hydroxylation is 1. The van der Waals surface area contributed by atoms with Crippen LogP contribution in [-0.2, 0) is 11.2 Å². The summed E-state index contributed by atoms with van der Waals surface area (Å²) >= 11 is 0. The molecule has 5 heteroatoms. The molecule has 102 valence electrons. The number of hydrogen-bond donors (Lipinski definition) is 2. The number of likely N-dealkylation sites (N-methyl/N-ethyl adjacent to an activating group) is 1. The number of hydrogen-bond acceptors (Lipinski definition) is 2. The molecule has 0 radical (unpaired) electrons. The van der Waals surface area contributed by atoms with Crippen LogP contribution in [0.2, 0.25) is 0 Å². The predicted octanol–water partition coefficient (Wildman–Crippen LogP) is 2.35. The number of aliphatic carboxylic acids is 1. The van der Waals surface area contributed by atoms with Crippen LogP contribution < -0.4 is 5.32 Å². The van der Waals surface area contributed by atoms with Crippen LogP contribution in [0.25, 0.3) is 0 Å². The van der Waals surface area contributed by atoms with E-state index in [1.165, 1.54) is 4.90 Å². The largest absolute Gasteiger partial charge is 0.481 e. The molecule has 2 N–H and O–H groups in total. The van der Waals surface area contributed by atoms with E-state index in [9.17, 15) is 9.59 Å². The van der Waals surface area contributed by atoms with Gasteiger partial charge in [0, 0.05) is 25.7 Å². The molecule has 0 spiro atoms. The normalized spacial score (nSPS) is 9.74. The first-order chi connectivity index (χ1) is 9.02. The molecule has 2 amide bonds. The lowest BCUT2D eigenvalue weighted by atomic mass is 10.1. The Morgan fingerprint density at radius 3 is 2.84 bits per heavy atom. The maximum atomic E-state index is 11.8. The Kier molecular flexibility index (Phi) is 5.60. The van der Waals surface area contributed by atoms with Gasteiger partial charge in [0.05, 0.1) is 0 Å². The lowest BCUT2D eigenvalue weighted by Crippen LogP contribution is -2.31. The number of carbonyl (C=O) groups is 2. The smallest absolute Gasteiger partial charge is 0.321 e. The van der Waals surface area contributed by atoms with Crippen molar-refractivity contribution in [3.8, 4) is 0 Å². The van der Waals surface area contributed by atoms with E-state index < -0.39 is 5.97 Å². The first-order valence-corrected chi connectivity index (χ1v) is 5.96. The number of urea groups is 1. The number of nitrogens with zero attached hydrogens (tertiary/aromatic N) is 1. The van der Waals surface area contributed by atoms with E-state index in [-0.39, 0.29) is 12.5 Å². The van der Waals surface area contributed by atoms with Crippen molar-refractivity contribution < 1.29 is 14.7 Å². The average Bonchev–Trinajstić information content (AvgIpc) is 2.37. The second-order valence-corrected chi connectivity index (χ2v) is 4.19. The molecular weight excluding hydrogens is 244 g/mol. The monoisotopic (exact) mass is 262 g/mol. The Bertz CT molecular complexity index is 472. The lowest BCUT2D eigenvalue weighted by molar-refractivity contribution is -0.136. The minimum absolute atomic E-state index is 0.0771. The molecule has 0 bridgehead atoms. The highest BCUT2D eigenvalue weighted by molar-refractivity contribution is 5.89. The van der Waals surface area contributed by atoms with Gasteiger partial charge in [0.15, 0.2) is 0 Å². The van der Waals surface area contributed by atoms with Gasteiger partial charge < -0.3 is 15.3 Å². The number of carboxylic acids is 1. The average molecular weight is 262 g/mol. The Balaban J connectivity index is 2.63. The van der Waals surface area contributed by atoms with E-state index in [0.29, 0.717) is 18.7 Å². The van der Waals surface area contributed by atoms with E-state index in [2.05, 4.69) is 11.9 Å². The SMILES string of the molecule is C=CCN(C)C(=O)Nc1cccc(CCC(=O)O)c1. The minimum atomic E-state index is -0.833. The Morgan fingerprint density at radius 2 is 2.21 bits per heavy atom. The van der Waals surface area contributed by atoms with Gasteiger partial charge in [-0.05, 0) is 24.1 Å². The minimum Gasteiger partial charge on any atom is -0.481 e. The van der Waals surface area contributed by atoms with Crippen LogP contribution >= 0.6 is 0 Å². The molecule has 0 saturated heterocycles. The van der Waals surface area contributed by atoms with Crippen LogP contribution in [0.1, 0.15) is 12.0 Å². The van der Waals surface area contributed by atoms with Gasteiger partial charge in [-0.2, -0.15) is 0 Å². The van der Waals surface area contributed by atoms with Crippen LogP contribution in [0.15, 0.2) is 36.9 Å². The Morgan fingerprint density at radius 1 is 1.47 bits per heavy atom. The third-order valence-corrected chi connectivity index (χ3v) is 2.56. The summed E-state index contributed by atoms with van der Waals surface area (Å²) < 4.78 is 0. The maximum Gasteiger partial charge on any atom is 0.321 e. The number of amides is 2. The van der Waals surface area contributed by atoms with E-state index in [0.717, 1.165) is 5.56 Å². The Hall–Kier alpha value is -2.30. The second kappa shape index (κ2) is 7.20. The molecule has 0 saturated carbocycles. The number of carbonyl (C=O) groups excluding carboxylic acids is 1. The summed E-state index contributed by atoms with van der Waals surface area (Å²) in [6.07, 6.45) is 2.16. The van der Waals surface area contributed by atoms with Crippen molar-refractivity contribution >= 4 is 17.7 Å². The van der Waals surface area contributed by atoms with Crippen LogP contribution in [0.3, 0.4) is 0 Å². The van der Waals surface area contributed by atoms with Crippen molar-refractivity contribution in [2.24, 2.45) is 0 Å². The molecule has 1 aromatic carbocycles. The molecule has 0 aliphatic carbocycles. The molecule has 1 aromatic rings. The summed E-state index contributed by atoms with van der Waals surface area (Å²) in [4.78, 5) is 23.8. The number of nitrogens with one attached hydrogen (secondary N) is 1. The third kappa shape index (κ3) is 5.25. The molecule has 0 aliphatic heterocycles. The molecule has 5 nitrogen and oxygen atoms in total. The summed E-state index contributed by atoms with van der Waals surface area (Å²) in [5.41, 5.74) is 1.54. The van der Waals surface area contributed by atoms with Crippen molar-refractivity contribution in [3.63, 3.8) is 0 Å². The fraction of sp³-hybridized carbons (Fsp3) is 0.286. The zero-order chi connectivity index (χ0) is 14.3. The topological polar surface area (TPSA) is 69.6 Å². The lowest BCUT2D eigenvalue weighted by Gasteiger charge is -2.16. The highest BCUT2D eigenvalue weighted by atomic mass is 16.4. The quantitative estimate of drug-likeness (QED) is 0.773. The van der Waals surface area contributed by atoms with Crippen LogP contribution in [0, 0.1) is 0 Å². The zero-order valence-electron chi connectivity index (χ0n) is 10.9. The number of anilines is 1. The molecule has 0 aromatic heterocycles.